The molecular weight excluding hydrogens is 490 g/mol. The Kier molecular flexibility index (Phi) is 8.82. The number of aromatic amines is 1. The number of hydrogen-bond acceptors (Lipinski definition) is 7. The third kappa shape index (κ3) is 7.00. The highest BCUT2D eigenvalue weighted by molar-refractivity contribution is 5.91. The summed E-state index contributed by atoms with van der Waals surface area (Å²) in [4.78, 5) is 26.0. The number of carbonyl (C=O) groups excluding carboxylic acids is 1. The lowest BCUT2D eigenvalue weighted by molar-refractivity contribution is -0.129. The normalized spacial score (nSPS) is 15.3. The van der Waals surface area contributed by atoms with Gasteiger partial charge in [0.1, 0.15) is 17.8 Å². The number of aromatic nitrogens is 3. The van der Waals surface area contributed by atoms with Crippen molar-refractivity contribution in [2.24, 2.45) is 0 Å². The molecular formula is C30H37N7O2. The van der Waals surface area contributed by atoms with Crippen LogP contribution in [0.4, 0.5) is 5.82 Å². The lowest BCUT2D eigenvalue weighted by atomic mass is 10.0. The van der Waals surface area contributed by atoms with Gasteiger partial charge in [-0.1, -0.05) is 54.6 Å². The van der Waals surface area contributed by atoms with Gasteiger partial charge in [0.15, 0.2) is 0 Å². The van der Waals surface area contributed by atoms with Crippen molar-refractivity contribution in [3.05, 3.63) is 78.1 Å². The van der Waals surface area contributed by atoms with E-state index in [1.807, 2.05) is 18.2 Å². The van der Waals surface area contributed by atoms with Crippen LogP contribution in [0, 0.1) is 0 Å². The van der Waals surface area contributed by atoms with E-state index in [1.54, 1.807) is 11.8 Å². The van der Waals surface area contributed by atoms with E-state index in [0.717, 1.165) is 73.6 Å². The molecule has 1 aliphatic heterocycles. The predicted molar refractivity (Wildman–Crippen MR) is 153 cm³/mol. The third-order valence-corrected chi connectivity index (χ3v) is 7.48. The van der Waals surface area contributed by atoms with Crippen molar-refractivity contribution >= 4 is 22.8 Å². The van der Waals surface area contributed by atoms with E-state index >= 15 is 0 Å². The van der Waals surface area contributed by atoms with Gasteiger partial charge in [-0.2, -0.15) is 0 Å². The van der Waals surface area contributed by atoms with Crippen LogP contribution >= 0.6 is 0 Å². The van der Waals surface area contributed by atoms with Gasteiger partial charge in [0, 0.05) is 30.7 Å². The average molecular weight is 528 g/mol. The van der Waals surface area contributed by atoms with E-state index < -0.39 is 0 Å². The third-order valence-electron chi connectivity index (χ3n) is 7.48. The van der Waals surface area contributed by atoms with Crippen LogP contribution in [-0.2, 0) is 11.3 Å². The van der Waals surface area contributed by atoms with Crippen LogP contribution in [0.3, 0.4) is 0 Å². The van der Waals surface area contributed by atoms with E-state index in [2.05, 4.69) is 79.9 Å². The Morgan fingerprint density at radius 2 is 1.87 bits per heavy atom. The average Bonchev–Trinajstić information content (AvgIpc) is 3.42. The maximum atomic E-state index is 11.1. The van der Waals surface area contributed by atoms with Gasteiger partial charge in [-0.15, -0.1) is 0 Å². The molecule has 0 unspecified atom stereocenters. The van der Waals surface area contributed by atoms with Gasteiger partial charge in [0.2, 0.25) is 5.91 Å². The summed E-state index contributed by atoms with van der Waals surface area (Å²) in [6.45, 7) is 5.97. The molecule has 3 heterocycles. The maximum Gasteiger partial charge on any atom is 0.243 e. The fraction of sp³-hybridized carbons (Fsp3) is 0.367. The molecule has 9 heteroatoms. The van der Waals surface area contributed by atoms with Crippen molar-refractivity contribution in [3.8, 4) is 11.3 Å². The van der Waals surface area contributed by atoms with Crippen LogP contribution < -0.4 is 16.1 Å². The minimum atomic E-state index is -0.328. The predicted octanol–water partition coefficient (Wildman–Crippen LogP) is 4.64. The summed E-state index contributed by atoms with van der Waals surface area (Å²) in [6, 6.07) is 21.8. The number of benzene rings is 2. The number of amides is 1. The van der Waals surface area contributed by atoms with Crippen LogP contribution in [0.2, 0.25) is 0 Å². The molecule has 5 rings (SSSR count). The second-order valence-corrected chi connectivity index (χ2v) is 10.3. The summed E-state index contributed by atoms with van der Waals surface area (Å²) >= 11 is 0. The van der Waals surface area contributed by atoms with Gasteiger partial charge in [0.05, 0.1) is 5.39 Å². The van der Waals surface area contributed by atoms with Crippen LogP contribution in [0.1, 0.15) is 49.8 Å². The molecule has 1 saturated heterocycles. The van der Waals surface area contributed by atoms with Crippen molar-refractivity contribution in [1.29, 1.82) is 0 Å². The van der Waals surface area contributed by atoms with E-state index in [9.17, 15) is 4.79 Å². The summed E-state index contributed by atoms with van der Waals surface area (Å²) in [7, 11) is 0. The minimum absolute atomic E-state index is 0.128. The largest absolute Gasteiger partial charge is 0.363 e. The summed E-state index contributed by atoms with van der Waals surface area (Å²) in [6.07, 6.45) is 4.86. The van der Waals surface area contributed by atoms with E-state index in [4.69, 9.17) is 5.21 Å². The molecule has 0 spiro atoms. The van der Waals surface area contributed by atoms with E-state index in [-0.39, 0.29) is 11.9 Å². The second kappa shape index (κ2) is 12.8. The Bertz CT molecular complexity index is 1350. The smallest absolute Gasteiger partial charge is 0.243 e. The number of anilines is 1. The molecule has 0 bridgehead atoms. The van der Waals surface area contributed by atoms with Gasteiger partial charge in [-0.3, -0.25) is 14.9 Å². The number of carbonyl (C=O) groups is 1. The molecule has 2 aromatic carbocycles. The van der Waals surface area contributed by atoms with E-state index in [0.29, 0.717) is 12.5 Å². The van der Waals surface area contributed by atoms with Gasteiger partial charge in [-0.05, 0) is 68.6 Å². The minimum Gasteiger partial charge on any atom is -0.363 e. The number of hydrogen-bond donors (Lipinski definition) is 5. The zero-order valence-electron chi connectivity index (χ0n) is 22.4. The Hall–Kier alpha value is -3.79. The number of fused-ring (bicyclic) bond motifs is 1. The molecule has 0 saturated carbocycles. The van der Waals surface area contributed by atoms with Gasteiger partial charge >= 0.3 is 0 Å². The van der Waals surface area contributed by atoms with Gasteiger partial charge in [-0.25, -0.2) is 15.4 Å². The Labute approximate surface area is 229 Å². The van der Waals surface area contributed by atoms with Crippen molar-refractivity contribution in [2.45, 2.75) is 51.2 Å². The molecule has 1 amide bonds. The Morgan fingerprint density at radius 3 is 2.62 bits per heavy atom. The zero-order chi connectivity index (χ0) is 27.0. The van der Waals surface area contributed by atoms with Crippen LogP contribution in [0.25, 0.3) is 22.3 Å². The zero-order valence-corrected chi connectivity index (χ0v) is 22.4. The highest BCUT2D eigenvalue weighted by atomic mass is 16.5. The summed E-state index contributed by atoms with van der Waals surface area (Å²) in [5, 5.41) is 16.6. The molecule has 39 heavy (non-hydrogen) atoms. The molecule has 1 fully saturated rings. The van der Waals surface area contributed by atoms with Crippen molar-refractivity contribution in [3.63, 3.8) is 0 Å². The molecule has 0 radical (unpaired) electrons. The molecule has 2 aromatic heterocycles. The molecule has 9 nitrogen and oxygen atoms in total. The van der Waals surface area contributed by atoms with Crippen LogP contribution in [-0.4, -0.2) is 56.6 Å². The molecule has 4 aromatic rings. The SMILES string of the molecule is C[C@@H](Nc1ncnc2[nH]c(-c3ccc(CN4CCC(NCCCC(=O)NO)CC4)cc3)cc12)c1ccccc1. The number of nitrogens with one attached hydrogen (secondary N) is 4. The molecule has 204 valence electrons. The van der Waals surface area contributed by atoms with Crippen LogP contribution in [0.15, 0.2) is 67.0 Å². The standard InChI is InChI=1S/C30H37N7O2/c1-21(23-6-3-2-4-7-23)34-29-26-18-27(35-30(26)33-20-32-29)24-11-9-22(10-12-24)19-37-16-13-25(14-17-37)31-15-5-8-28(38)36-39/h2-4,6-7,9-12,18,20-21,25,31,39H,5,8,13-17,19H2,1H3,(H,36,38)(H2,32,33,34,35)/t21-/m1/s1. The van der Waals surface area contributed by atoms with Crippen molar-refractivity contribution in [1.82, 2.24) is 30.6 Å². The number of hydroxylamine groups is 1. The van der Waals surface area contributed by atoms with Crippen LogP contribution in [0.5, 0.6) is 0 Å². The summed E-state index contributed by atoms with van der Waals surface area (Å²) in [5.74, 6) is 0.495. The summed E-state index contributed by atoms with van der Waals surface area (Å²) < 4.78 is 0. The second-order valence-electron chi connectivity index (χ2n) is 10.3. The van der Waals surface area contributed by atoms with Crippen molar-refractivity contribution in [2.75, 3.05) is 25.0 Å². The first-order valence-corrected chi connectivity index (χ1v) is 13.7. The quantitative estimate of drug-likeness (QED) is 0.110. The molecule has 0 aliphatic carbocycles. The molecule has 5 N–H and O–H groups in total. The first-order chi connectivity index (χ1) is 19.1. The summed E-state index contributed by atoms with van der Waals surface area (Å²) in [5.41, 5.74) is 7.16. The van der Waals surface area contributed by atoms with Crippen molar-refractivity contribution < 1.29 is 10.0 Å². The highest BCUT2D eigenvalue weighted by Crippen LogP contribution is 2.29. The topological polar surface area (TPSA) is 118 Å². The highest BCUT2D eigenvalue weighted by Gasteiger charge is 2.19. The monoisotopic (exact) mass is 527 g/mol. The number of H-pyrrole nitrogens is 1. The number of nitrogens with zero attached hydrogens (tertiary/aromatic N) is 3. The first kappa shape index (κ1) is 26.8. The molecule has 1 aliphatic rings. The van der Waals surface area contributed by atoms with Gasteiger partial charge in [0.25, 0.3) is 0 Å². The number of piperidine rings is 1. The Morgan fingerprint density at radius 1 is 1.10 bits per heavy atom. The number of likely N-dealkylation sites (tertiary alicyclic amines) is 1. The fourth-order valence-corrected chi connectivity index (χ4v) is 5.19. The first-order valence-electron chi connectivity index (χ1n) is 13.7. The lowest BCUT2D eigenvalue weighted by Crippen LogP contribution is -2.42. The molecule has 1 atom stereocenters. The maximum absolute atomic E-state index is 11.1. The van der Waals surface area contributed by atoms with E-state index in [1.165, 1.54) is 11.1 Å². The lowest BCUT2D eigenvalue weighted by Gasteiger charge is -2.32. The Balaban J connectivity index is 1.15. The number of rotatable bonds is 11. The van der Waals surface area contributed by atoms with Gasteiger partial charge < -0.3 is 15.6 Å². The fourth-order valence-electron chi connectivity index (χ4n) is 5.19.